The molecular formula is C8H15F3N2OS. The molecule has 0 heterocycles. The van der Waals surface area contributed by atoms with Gasteiger partial charge >= 0.3 is 6.18 Å². The van der Waals surface area contributed by atoms with E-state index < -0.39 is 18.6 Å². The molecule has 1 amide bonds. The van der Waals surface area contributed by atoms with Crippen LogP contribution in [-0.4, -0.2) is 36.2 Å². The molecule has 0 radical (unpaired) electrons. The number of carbonyl (C=O) groups is 1. The van der Waals surface area contributed by atoms with Crippen LogP contribution in [0.2, 0.25) is 0 Å². The van der Waals surface area contributed by atoms with Gasteiger partial charge in [-0.2, -0.15) is 13.2 Å². The highest BCUT2D eigenvalue weighted by molar-refractivity contribution is 8.00. The fourth-order valence-corrected chi connectivity index (χ4v) is 1.63. The van der Waals surface area contributed by atoms with Crippen LogP contribution in [0.4, 0.5) is 13.2 Å². The van der Waals surface area contributed by atoms with Gasteiger partial charge in [-0.05, 0) is 13.0 Å². The summed E-state index contributed by atoms with van der Waals surface area (Å²) in [4.78, 5) is 10.9. The molecule has 0 saturated carbocycles. The molecule has 0 aromatic rings. The molecule has 0 fully saturated rings. The number of hydrogen-bond acceptors (Lipinski definition) is 3. The Morgan fingerprint density at radius 2 is 2.13 bits per heavy atom. The molecule has 0 bridgehead atoms. The zero-order valence-electron chi connectivity index (χ0n) is 8.43. The Morgan fingerprint density at radius 3 is 2.60 bits per heavy atom. The predicted molar refractivity (Wildman–Crippen MR) is 54.7 cm³/mol. The van der Waals surface area contributed by atoms with Crippen LogP contribution in [0.5, 0.6) is 0 Å². The Morgan fingerprint density at radius 1 is 1.53 bits per heavy atom. The fraction of sp³-hybridized carbons (Fsp3) is 0.875. The van der Waals surface area contributed by atoms with Crippen molar-refractivity contribution >= 4 is 17.7 Å². The Hall–Kier alpha value is -0.430. The summed E-state index contributed by atoms with van der Waals surface area (Å²) in [6.45, 7) is 1.13. The first kappa shape index (κ1) is 14.6. The third-order valence-corrected chi connectivity index (χ3v) is 2.79. The maximum atomic E-state index is 11.7. The number of amides is 1. The number of hydrogen-bond donors (Lipinski definition) is 2. The summed E-state index contributed by atoms with van der Waals surface area (Å²) in [6.07, 6.45) is -3.60. The van der Waals surface area contributed by atoms with Crippen LogP contribution in [0.15, 0.2) is 0 Å². The van der Waals surface area contributed by atoms with Crippen LogP contribution < -0.4 is 11.1 Å². The van der Waals surface area contributed by atoms with E-state index in [0.717, 1.165) is 6.42 Å². The maximum absolute atomic E-state index is 11.7. The number of alkyl halides is 3. The fourth-order valence-electron chi connectivity index (χ4n) is 0.786. The van der Waals surface area contributed by atoms with E-state index in [1.807, 2.05) is 6.92 Å². The molecule has 0 rings (SSSR count). The molecule has 90 valence electrons. The minimum atomic E-state index is -4.34. The van der Waals surface area contributed by atoms with Crippen molar-refractivity contribution in [2.75, 3.05) is 18.8 Å². The highest BCUT2D eigenvalue weighted by Crippen LogP contribution is 2.14. The molecule has 3 N–H and O–H groups in total. The van der Waals surface area contributed by atoms with Gasteiger partial charge in [0, 0.05) is 5.25 Å². The van der Waals surface area contributed by atoms with Gasteiger partial charge in [0.05, 0.1) is 5.75 Å². The highest BCUT2D eigenvalue weighted by Gasteiger charge is 2.27. The van der Waals surface area contributed by atoms with Crippen molar-refractivity contribution in [1.82, 2.24) is 5.32 Å². The molecule has 0 saturated heterocycles. The monoisotopic (exact) mass is 244 g/mol. The van der Waals surface area contributed by atoms with E-state index in [0.29, 0.717) is 6.54 Å². The number of rotatable bonds is 6. The van der Waals surface area contributed by atoms with E-state index in [1.165, 1.54) is 11.8 Å². The number of nitrogens with one attached hydrogen (secondary N) is 1. The van der Waals surface area contributed by atoms with E-state index in [9.17, 15) is 18.0 Å². The van der Waals surface area contributed by atoms with E-state index in [-0.39, 0.29) is 11.0 Å². The van der Waals surface area contributed by atoms with E-state index in [2.05, 4.69) is 0 Å². The first-order valence-corrected chi connectivity index (χ1v) is 5.55. The summed E-state index contributed by atoms with van der Waals surface area (Å²) < 4.78 is 35.1. The standard InChI is InChI=1S/C8H15F3N2OS/c1-6(2-3-12)15-4-7(14)13-5-8(9,10)11/h6H,2-5,12H2,1H3,(H,13,14). The molecule has 0 aliphatic carbocycles. The van der Waals surface area contributed by atoms with Crippen LogP contribution in [0.1, 0.15) is 13.3 Å². The third-order valence-electron chi connectivity index (χ3n) is 1.56. The lowest BCUT2D eigenvalue weighted by molar-refractivity contribution is -0.136. The number of nitrogens with two attached hydrogens (primary N) is 1. The average molecular weight is 244 g/mol. The first-order chi connectivity index (χ1) is 6.85. The van der Waals surface area contributed by atoms with Gasteiger partial charge in [0.25, 0.3) is 0 Å². The first-order valence-electron chi connectivity index (χ1n) is 4.50. The summed E-state index contributed by atoms with van der Waals surface area (Å²) in [5, 5.41) is 1.99. The quantitative estimate of drug-likeness (QED) is 0.736. The second-order valence-electron chi connectivity index (χ2n) is 3.09. The zero-order valence-corrected chi connectivity index (χ0v) is 9.25. The predicted octanol–water partition coefficient (Wildman–Crippen LogP) is 1.14. The van der Waals surface area contributed by atoms with Gasteiger partial charge in [0.2, 0.25) is 5.91 Å². The molecule has 3 nitrogen and oxygen atoms in total. The Balaban J connectivity index is 3.58. The molecule has 0 aliphatic rings. The van der Waals surface area contributed by atoms with Gasteiger partial charge in [-0.1, -0.05) is 6.92 Å². The molecule has 0 aromatic carbocycles. The van der Waals surface area contributed by atoms with Crippen LogP contribution in [-0.2, 0) is 4.79 Å². The van der Waals surface area contributed by atoms with Crippen LogP contribution in [0.3, 0.4) is 0 Å². The van der Waals surface area contributed by atoms with E-state index in [1.54, 1.807) is 5.32 Å². The minimum Gasteiger partial charge on any atom is -0.346 e. The molecule has 0 aromatic heterocycles. The number of halogens is 3. The Kier molecular flexibility index (Phi) is 6.75. The van der Waals surface area contributed by atoms with Gasteiger partial charge in [0.15, 0.2) is 0 Å². The smallest absolute Gasteiger partial charge is 0.346 e. The molecular weight excluding hydrogens is 229 g/mol. The lowest BCUT2D eigenvalue weighted by Gasteiger charge is -2.11. The van der Waals surface area contributed by atoms with Gasteiger partial charge in [-0.3, -0.25) is 4.79 Å². The summed E-state index contributed by atoms with van der Waals surface area (Å²) in [5.74, 6) is -0.557. The van der Waals surface area contributed by atoms with Crippen molar-refractivity contribution in [3.63, 3.8) is 0 Å². The largest absolute Gasteiger partial charge is 0.405 e. The van der Waals surface area contributed by atoms with Crippen molar-refractivity contribution in [2.45, 2.75) is 24.8 Å². The van der Waals surface area contributed by atoms with Crippen LogP contribution in [0, 0.1) is 0 Å². The molecule has 0 spiro atoms. The molecule has 15 heavy (non-hydrogen) atoms. The number of thioether (sulfide) groups is 1. The Bertz CT molecular complexity index is 199. The van der Waals surface area contributed by atoms with Gasteiger partial charge < -0.3 is 11.1 Å². The highest BCUT2D eigenvalue weighted by atomic mass is 32.2. The van der Waals surface area contributed by atoms with Gasteiger partial charge in [0.1, 0.15) is 6.54 Å². The second kappa shape index (κ2) is 6.95. The van der Waals surface area contributed by atoms with Gasteiger partial charge in [-0.15, -0.1) is 11.8 Å². The zero-order chi connectivity index (χ0) is 11.9. The summed E-state index contributed by atoms with van der Waals surface area (Å²) >= 11 is 1.30. The van der Waals surface area contributed by atoms with Crippen molar-refractivity contribution in [2.24, 2.45) is 5.73 Å². The number of carbonyl (C=O) groups excluding carboxylic acids is 1. The lowest BCUT2D eigenvalue weighted by atomic mass is 10.3. The minimum absolute atomic E-state index is 0.0389. The van der Waals surface area contributed by atoms with Crippen molar-refractivity contribution in [1.29, 1.82) is 0 Å². The molecule has 0 aliphatic heterocycles. The molecule has 1 unspecified atom stereocenters. The Labute approximate surface area is 91.0 Å². The average Bonchev–Trinajstić information content (AvgIpc) is 2.11. The van der Waals surface area contributed by atoms with Crippen LogP contribution in [0.25, 0.3) is 0 Å². The summed E-state index contributed by atoms with van der Waals surface area (Å²) in [6, 6.07) is 0. The van der Waals surface area contributed by atoms with Crippen molar-refractivity contribution in [3.05, 3.63) is 0 Å². The summed E-state index contributed by atoms with van der Waals surface area (Å²) in [7, 11) is 0. The maximum Gasteiger partial charge on any atom is 0.405 e. The second-order valence-corrected chi connectivity index (χ2v) is 4.52. The van der Waals surface area contributed by atoms with Gasteiger partial charge in [-0.25, -0.2) is 0 Å². The van der Waals surface area contributed by atoms with Crippen molar-refractivity contribution in [3.8, 4) is 0 Å². The van der Waals surface area contributed by atoms with E-state index in [4.69, 9.17) is 5.73 Å². The van der Waals surface area contributed by atoms with Crippen molar-refractivity contribution < 1.29 is 18.0 Å². The molecule has 7 heteroatoms. The van der Waals surface area contributed by atoms with E-state index >= 15 is 0 Å². The third kappa shape index (κ3) is 9.86. The molecule has 1 atom stereocenters. The van der Waals surface area contributed by atoms with Crippen LogP contribution >= 0.6 is 11.8 Å². The lowest BCUT2D eigenvalue weighted by Crippen LogP contribution is -2.35. The normalized spacial score (nSPS) is 13.7. The summed E-state index contributed by atoms with van der Waals surface area (Å²) in [5.41, 5.74) is 5.29. The topological polar surface area (TPSA) is 55.1 Å². The SMILES string of the molecule is CC(CCN)SCC(=O)NCC(F)(F)F.